The molecular formula is C16H20N2O3. The number of fused-ring (bicyclic) bond motifs is 1. The predicted molar refractivity (Wildman–Crippen MR) is 78.2 cm³/mol. The SMILES string of the molecule is O=C(O)[C@@H]1CCCN1C(=O)NC1CCc2ccccc2C1. The molecular weight excluding hydrogens is 268 g/mol. The first kappa shape index (κ1) is 13.9. The number of urea groups is 1. The molecule has 1 aromatic carbocycles. The number of aryl methyl sites for hydroxylation is 1. The number of amides is 2. The molecule has 1 aliphatic heterocycles. The Morgan fingerprint density at radius 1 is 1.19 bits per heavy atom. The lowest BCUT2D eigenvalue weighted by Crippen LogP contribution is -2.50. The van der Waals surface area contributed by atoms with E-state index < -0.39 is 12.0 Å². The van der Waals surface area contributed by atoms with Crippen molar-refractivity contribution in [1.29, 1.82) is 0 Å². The van der Waals surface area contributed by atoms with Crippen LogP contribution in [0.3, 0.4) is 0 Å². The first-order valence-electron chi connectivity index (χ1n) is 7.52. The number of nitrogens with one attached hydrogen (secondary N) is 1. The second-order valence-corrected chi connectivity index (χ2v) is 5.85. The molecule has 1 aliphatic carbocycles. The second kappa shape index (κ2) is 5.76. The van der Waals surface area contributed by atoms with Gasteiger partial charge < -0.3 is 15.3 Å². The van der Waals surface area contributed by atoms with Crippen LogP contribution in [0.15, 0.2) is 24.3 Å². The minimum absolute atomic E-state index is 0.0995. The number of likely N-dealkylation sites (tertiary alicyclic amines) is 1. The molecule has 2 N–H and O–H groups in total. The van der Waals surface area contributed by atoms with E-state index in [1.165, 1.54) is 16.0 Å². The van der Waals surface area contributed by atoms with Gasteiger partial charge in [-0.25, -0.2) is 9.59 Å². The lowest BCUT2D eigenvalue weighted by atomic mass is 9.88. The maximum Gasteiger partial charge on any atom is 0.326 e. The maximum absolute atomic E-state index is 12.3. The molecule has 2 amide bonds. The van der Waals surface area contributed by atoms with E-state index in [1.807, 2.05) is 12.1 Å². The zero-order valence-electron chi connectivity index (χ0n) is 11.9. The Hall–Kier alpha value is -2.04. The summed E-state index contributed by atoms with van der Waals surface area (Å²) in [7, 11) is 0. The van der Waals surface area contributed by atoms with Crippen LogP contribution in [0.2, 0.25) is 0 Å². The third-order valence-corrected chi connectivity index (χ3v) is 4.47. The molecule has 0 aromatic heterocycles. The number of hydrogen-bond acceptors (Lipinski definition) is 2. The molecule has 1 heterocycles. The van der Waals surface area contributed by atoms with Crippen molar-refractivity contribution in [1.82, 2.24) is 10.2 Å². The fourth-order valence-corrected chi connectivity index (χ4v) is 3.35. The van der Waals surface area contributed by atoms with Gasteiger partial charge in [0, 0.05) is 12.6 Å². The molecule has 1 fully saturated rings. The fourth-order valence-electron chi connectivity index (χ4n) is 3.35. The number of carboxylic acids is 1. The molecule has 5 heteroatoms. The monoisotopic (exact) mass is 288 g/mol. The van der Waals surface area contributed by atoms with Gasteiger partial charge in [0.15, 0.2) is 0 Å². The summed E-state index contributed by atoms with van der Waals surface area (Å²) in [6.45, 7) is 0.534. The van der Waals surface area contributed by atoms with Crippen molar-refractivity contribution in [2.75, 3.05) is 6.54 Å². The normalized spacial score (nSPS) is 24.5. The number of nitrogens with zero attached hydrogens (tertiary/aromatic N) is 1. The highest BCUT2D eigenvalue weighted by Crippen LogP contribution is 2.22. The average molecular weight is 288 g/mol. The molecule has 0 radical (unpaired) electrons. The Kier molecular flexibility index (Phi) is 3.82. The minimum Gasteiger partial charge on any atom is -0.480 e. The van der Waals surface area contributed by atoms with Gasteiger partial charge in [-0.3, -0.25) is 0 Å². The van der Waals surface area contributed by atoms with Gasteiger partial charge in [-0.15, -0.1) is 0 Å². The van der Waals surface area contributed by atoms with E-state index in [9.17, 15) is 9.59 Å². The predicted octanol–water partition coefficient (Wildman–Crippen LogP) is 1.80. The van der Waals surface area contributed by atoms with E-state index in [1.54, 1.807) is 0 Å². The molecule has 2 atom stereocenters. The number of aliphatic carboxylic acids is 1. The third kappa shape index (κ3) is 2.86. The summed E-state index contributed by atoms with van der Waals surface area (Å²) < 4.78 is 0. The Balaban J connectivity index is 1.62. The number of rotatable bonds is 2. The van der Waals surface area contributed by atoms with Crippen molar-refractivity contribution >= 4 is 12.0 Å². The van der Waals surface area contributed by atoms with Crippen molar-refractivity contribution in [3.63, 3.8) is 0 Å². The van der Waals surface area contributed by atoms with Crippen LogP contribution in [0.5, 0.6) is 0 Å². The van der Waals surface area contributed by atoms with Crippen molar-refractivity contribution in [2.45, 2.75) is 44.2 Å². The fraction of sp³-hybridized carbons (Fsp3) is 0.500. The van der Waals surface area contributed by atoms with Crippen molar-refractivity contribution in [3.8, 4) is 0 Å². The average Bonchev–Trinajstić information content (AvgIpc) is 2.97. The van der Waals surface area contributed by atoms with Crippen LogP contribution < -0.4 is 5.32 Å². The zero-order chi connectivity index (χ0) is 14.8. The summed E-state index contributed by atoms with van der Waals surface area (Å²) in [5, 5.41) is 12.2. The summed E-state index contributed by atoms with van der Waals surface area (Å²) in [6, 6.07) is 7.49. The second-order valence-electron chi connectivity index (χ2n) is 5.85. The number of carboxylic acid groups (broad SMARTS) is 1. The number of carbonyl (C=O) groups is 2. The Bertz CT molecular complexity index is 558. The summed E-state index contributed by atoms with van der Waals surface area (Å²) >= 11 is 0. The molecule has 3 rings (SSSR count). The minimum atomic E-state index is -0.906. The van der Waals surface area contributed by atoms with Crippen LogP contribution in [0, 0.1) is 0 Å². The summed E-state index contributed by atoms with van der Waals surface area (Å²) in [4.78, 5) is 24.9. The highest BCUT2D eigenvalue weighted by atomic mass is 16.4. The van der Waals surface area contributed by atoms with Crippen LogP contribution in [-0.4, -0.2) is 40.6 Å². The zero-order valence-corrected chi connectivity index (χ0v) is 11.9. The van der Waals surface area contributed by atoms with Crippen LogP contribution in [0.25, 0.3) is 0 Å². The van der Waals surface area contributed by atoms with Crippen molar-refractivity contribution < 1.29 is 14.7 Å². The molecule has 5 nitrogen and oxygen atoms in total. The lowest BCUT2D eigenvalue weighted by Gasteiger charge is -2.29. The van der Waals surface area contributed by atoms with Crippen LogP contribution >= 0.6 is 0 Å². The first-order chi connectivity index (χ1) is 10.1. The molecule has 112 valence electrons. The molecule has 0 saturated carbocycles. The highest BCUT2D eigenvalue weighted by Gasteiger charge is 2.35. The van der Waals surface area contributed by atoms with Gasteiger partial charge in [-0.2, -0.15) is 0 Å². The lowest BCUT2D eigenvalue weighted by molar-refractivity contribution is -0.141. The van der Waals surface area contributed by atoms with Gasteiger partial charge in [0.25, 0.3) is 0 Å². The van der Waals surface area contributed by atoms with Gasteiger partial charge in [0.2, 0.25) is 0 Å². The standard InChI is InChI=1S/C16H20N2O3/c19-15(20)14-6-3-9-18(14)16(21)17-13-8-7-11-4-1-2-5-12(11)10-13/h1-2,4-5,13-14H,3,6-10H2,(H,17,21)(H,19,20)/t13?,14-/m0/s1. The van der Waals surface area contributed by atoms with Gasteiger partial charge in [-0.05, 0) is 43.2 Å². The van der Waals surface area contributed by atoms with Gasteiger partial charge >= 0.3 is 12.0 Å². The van der Waals surface area contributed by atoms with E-state index in [-0.39, 0.29) is 12.1 Å². The molecule has 1 saturated heterocycles. The van der Waals surface area contributed by atoms with E-state index >= 15 is 0 Å². The topological polar surface area (TPSA) is 69.6 Å². The quantitative estimate of drug-likeness (QED) is 0.872. The van der Waals surface area contributed by atoms with E-state index in [0.29, 0.717) is 13.0 Å². The summed E-state index contributed by atoms with van der Waals surface area (Å²) in [5.74, 6) is -0.906. The van der Waals surface area contributed by atoms with Gasteiger partial charge in [0.05, 0.1) is 0 Å². The number of benzene rings is 1. The Morgan fingerprint density at radius 3 is 2.71 bits per heavy atom. The maximum atomic E-state index is 12.3. The Morgan fingerprint density at radius 2 is 1.95 bits per heavy atom. The highest BCUT2D eigenvalue weighted by molar-refractivity contribution is 5.83. The van der Waals surface area contributed by atoms with Gasteiger partial charge in [0.1, 0.15) is 6.04 Å². The number of hydrogen-bond donors (Lipinski definition) is 2. The molecule has 0 spiro atoms. The third-order valence-electron chi connectivity index (χ3n) is 4.47. The summed E-state index contributed by atoms with van der Waals surface area (Å²) in [5.41, 5.74) is 2.64. The van der Waals surface area contributed by atoms with Crippen molar-refractivity contribution in [2.24, 2.45) is 0 Å². The molecule has 2 aliphatic rings. The number of carbonyl (C=O) groups excluding carboxylic acids is 1. The first-order valence-corrected chi connectivity index (χ1v) is 7.52. The molecule has 1 aromatic rings. The van der Waals surface area contributed by atoms with Crippen LogP contribution in [0.4, 0.5) is 4.79 Å². The molecule has 21 heavy (non-hydrogen) atoms. The smallest absolute Gasteiger partial charge is 0.326 e. The molecule has 0 bridgehead atoms. The Labute approximate surface area is 123 Å². The van der Waals surface area contributed by atoms with E-state index in [4.69, 9.17) is 5.11 Å². The summed E-state index contributed by atoms with van der Waals surface area (Å²) in [6.07, 6.45) is 4.01. The van der Waals surface area contributed by atoms with E-state index in [2.05, 4.69) is 17.4 Å². The van der Waals surface area contributed by atoms with Crippen molar-refractivity contribution in [3.05, 3.63) is 35.4 Å². The van der Waals surface area contributed by atoms with E-state index in [0.717, 1.165) is 25.7 Å². The molecule has 1 unspecified atom stereocenters. The van der Waals surface area contributed by atoms with Gasteiger partial charge in [-0.1, -0.05) is 24.3 Å². The van der Waals surface area contributed by atoms with Crippen LogP contribution in [-0.2, 0) is 17.6 Å². The van der Waals surface area contributed by atoms with Crippen LogP contribution in [0.1, 0.15) is 30.4 Å². The largest absolute Gasteiger partial charge is 0.480 e.